The first-order valence-corrected chi connectivity index (χ1v) is 8.27. The number of aryl methyl sites for hydroxylation is 2. The first kappa shape index (κ1) is 13.8. The molecule has 0 spiro atoms. The second-order valence-electron chi connectivity index (χ2n) is 5.54. The average Bonchev–Trinajstić information content (AvgIpc) is 2.84. The van der Waals surface area contributed by atoms with E-state index in [1.165, 1.54) is 27.3 Å². The Bertz CT molecular complexity index is 914. The normalized spacial score (nSPS) is 12.8. The van der Waals surface area contributed by atoms with Crippen LogP contribution in [0.4, 0.5) is 5.69 Å². The lowest BCUT2D eigenvalue weighted by atomic mass is 9.92. The number of nitrogens with zero attached hydrogens (tertiary/aromatic N) is 2. The third-order valence-electron chi connectivity index (χ3n) is 3.99. The zero-order valence-electron chi connectivity index (χ0n) is 12.1. The Labute approximate surface area is 141 Å². The van der Waals surface area contributed by atoms with Gasteiger partial charge in [-0.1, -0.05) is 6.07 Å². The summed E-state index contributed by atoms with van der Waals surface area (Å²) in [4.78, 5) is 16.0. The number of hydrogen-bond donors (Lipinski definition) is 1. The number of halogens is 1. The lowest BCUT2D eigenvalue weighted by Crippen LogP contribution is -2.09. The van der Waals surface area contributed by atoms with Crippen LogP contribution < -0.4 is 5.32 Å². The molecule has 0 unspecified atom stereocenters. The summed E-state index contributed by atoms with van der Waals surface area (Å²) in [6.45, 7) is 1.53. The van der Waals surface area contributed by atoms with Gasteiger partial charge in [-0.25, -0.2) is 4.98 Å². The summed E-state index contributed by atoms with van der Waals surface area (Å²) in [5.74, 6) is -0.0428. The molecule has 110 valence electrons. The lowest BCUT2D eigenvalue weighted by molar-refractivity contribution is -0.114. The Kier molecular flexibility index (Phi) is 3.18. The highest BCUT2D eigenvalue weighted by molar-refractivity contribution is 14.1. The van der Waals surface area contributed by atoms with Gasteiger partial charge in [-0.3, -0.25) is 4.79 Å². The van der Waals surface area contributed by atoms with Crippen LogP contribution in [-0.2, 0) is 17.6 Å². The van der Waals surface area contributed by atoms with Crippen molar-refractivity contribution in [2.24, 2.45) is 0 Å². The van der Waals surface area contributed by atoms with Gasteiger partial charge in [0.1, 0.15) is 5.65 Å². The highest BCUT2D eigenvalue weighted by Crippen LogP contribution is 2.35. The largest absolute Gasteiger partial charge is 0.326 e. The second kappa shape index (κ2) is 5.08. The predicted octanol–water partition coefficient (Wildman–Crippen LogP) is 3.66. The van der Waals surface area contributed by atoms with Crippen molar-refractivity contribution in [3.8, 4) is 11.3 Å². The monoisotopic (exact) mass is 403 g/mol. The predicted molar refractivity (Wildman–Crippen MR) is 95.1 cm³/mol. The maximum atomic E-state index is 11.2. The molecule has 4 nitrogen and oxygen atoms in total. The summed E-state index contributed by atoms with van der Waals surface area (Å²) < 4.78 is 3.40. The van der Waals surface area contributed by atoms with Crippen molar-refractivity contribution in [3.63, 3.8) is 0 Å². The molecule has 0 aliphatic heterocycles. The molecule has 1 N–H and O–H groups in total. The minimum Gasteiger partial charge on any atom is -0.326 e. The van der Waals surface area contributed by atoms with Gasteiger partial charge in [-0.2, -0.15) is 0 Å². The molecule has 4 rings (SSSR count). The van der Waals surface area contributed by atoms with Gasteiger partial charge < -0.3 is 9.72 Å². The zero-order valence-corrected chi connectivity index (χ0v) is 14.2. The van der Waals surface area contributed by atoms with Crippen molar-refractivity contribution in [1.82, 2.24) is 9.38 Å². The van der Waals surface area contributed by atoms with E-state index in [4.69, 9.17) is 4.98 Å². The average molecular weight is 403 g/mol. The standard InChI is InChI=1S/C17H14IN3O/c1-10(22)19-13-4-5-14-11(8-13)2-6-15-17(14)20-16-7-3-12(18)9-21(15)16/h3-5,7-9H,2,6H2,1H3,(H,19,22). The lowest BCUT2D eigenvalue weighted by Gasteiger charge is -2.17. The summed E-state index contributed by atoms with van der Waals surface area (Å²) in [7, 11) is 0. The van der Waals surface area contributed by atoms with E-state index in [1.54, 1.807) is 0 Å². The molecule has 1 amide bonds. The van der Waals surface area contributed by atoms with Gasteiger partial charge in [0.05, 0.1) is 11.4 Å². The first-order valence-electron chi connectivity index (χ1n) is 7.19. The van der Waals surface area contributed by atoms with Crippen LogP contribution in [0.15, 0.2) is 36.5 Å². The number of benzene rings is 1. The van der Waals surface area contributed by atoms with E-state index in [0.29, 0.717) is 0 Å². The third-order valence-corrected chi connectivity index (χ3v) is 4.63. The minimum absolute atomic E-state index is 0.0428. The quantitative estimate of drug-likeness (QED) is 0.631. The fraction of sp³-hybridized carbons (Fsp3) is 0.176. The summed E-state index contributed by atoms with van der Waals surface area (Å²) >= 11 is 2.33. The number of anilines is 1. The van der Waals surface area contributed by atoms with E-state index in [2.05, 4.69) is 62.8 Å². The number of hydrogen-bond acceptors (Lipinski definition) is 2. The fourth-order valence-electron chi connectivity index (χ4n) is 3.09. The van der Waals surface area contributed by atoms with Crippen LogP contribution in [0.5, 0.6) is 0 Å². The SMILES string of the molecule is CC(=O)Nc1ccc2c(c1)CCc1c-2nc2ccc(I)cn12. The van der Waals surface area contributed by atoms with E-state index in [-0.39, 0.29) is 5.91 Å². The Morgan fingerprint density at radius 3 is 2.95 bits per heavy atom. The summed E-state index contributed by atoms with van der Waals surface area (Å²) in [5, 5.41) is 2.85. The van der Waals surface area contributed by atoms with Crippen molar-refractivity contribution >= 4 is 39.8 Å². The number of imidazole rings is 1. The third kappa shape index (κ3) is 2.20. The Balaban J connectivity index is 1.87. The summed E-state index contributed by atoms with van der Waals surface area (Å²) in [6.07, 6.45) is 4.07. The van der Waals surface area contributed by atoms with E-state index in [9.17, 15) is 4.79 Å². The molecular weight excluding hydrogens is 389 g/mol. The molecule has 2 aromatic heterocycles. The fourth-order valence-corrected chi connectivity index (χ4v) is 3.55. The van der Waals surface area contributed by atoms with Crippen molar-refractivity contribution in [1.29, 1.82) is 0 Å². The van der Waals surface area contributed by atoms with Gasteiger partial charge in [-0.15, -0.1) is 0 Å². The highest BCUT2D eigenvalue weighted by Gasteiger charge is 2.21. The van der Waals surface area contributed by atoms with Crippen molar-refractivity contribution in [2.45, 2.75) is 19.8 Å². The van der Waals surface area contributed by atoms with Crippen LogP contribution in [0.25, 0.3) is 16.9 Å². The number of pyridine rings is 1. The summed E-state index contributed by atoms with van der Waals surface area (Å²) in [6, 6.07) is 10.2. The molecule has 0 radical (unpaired) electrons. The van der Waals surface area contributed by atoms with Gasteiger partial charge in [0, 0.05) is 27.9 Å². The number of carbonyl (C=O) groups is 1. The van der Waals surface area contributed by atoms with Crippen LogP contribution in [0.1, 0.15) is 18.2 Å². The molecule has 1 aliphatic rings. The number of aromatic nitrogens is 2. The van der Waals surface area contributed by atoms with E-state index in [1.807, 2.05) is 6.07 Å². The Morgan fingerprint density at radius 2 is 2.14 bits per heavy atom. The van der Waals surface area contributed by atoms with Crippen LogP contribution in [0, 0.1) is 3.57 Å². The number of nitrogens with one attached hydrogen (secondary N) is 1. The van der Waals surface area contributed by atoms with Gasteiger partial charge in [0.15, 0.2) is 0 Å². The van der Waals surface area contributed by atoms with Gasteiger partial charge in [-0.05, 0) is 65.3 Å². The highest BCUT2D eigenvalue weighted by atomic mass is 127. The number of amides is 1. The first-order chi connectivity index (χ1) is 10.6. The molecule has 1 aliphatic carbocycles. The maximum absolute atomic E-state index is 11.2. The maximum Gasteiger partial charge on any atom is 0.221 e. The van der Waals surface area contributed by atoms with Crippen LogP contribution in [0.3, 0.4) is 0 Å². The van der Waals surface area contributed by atoms with Crippen LogP contribution >= 0.6 is 22.6 Å². The molecule has 0 saturated heterocycles. The Hall–Kier alpha value is -1.89. The minimum atomic E-state index is -0.0428. The smallest absolute Gasteiger partial charge is 0.221 e. The topological polar surface area (TPSA) is 46.4 Å². The van der Waals surface area contributed by atoms with Gasteiger partial charge in [0.25, 0.3) is 0 Å². The molecule has 5 heteroatoms. The number of carbonyl (C=O) groups excluding carboxylic acids is 1. The second-order valence-corrected chi connectivity index (χ2v) is 6.78. The summed E-state index contributed by atoms with van der Waals surface area (Å²) in [5.41, 5.74) is 6.61. The Morgan fingerprint density at radius 1 is 1.27 bits per heavy atom. The molecule has 3 aromatic rings. The van der Waals surface area contributed by atoms with Gasteiger partial charge in [0.2, 0.25) is 5.91 Å². The van der Waals surface area contributed by atoms with Crippen LogP contribution in [0.2, 0.25) is 0 Å². The molecule has 1 aromatic carbocycles. The number of fused-ring (bicyclic) bond motifs is 5. The molecule has 0 bridgehead atoms. The number of rotatable bonds is 1. The molecule has 0 atom stereocenters. The van der Waals surface area contributed by atoms with E-state index in [0.717, 1.165) is 29.9 Å². The van der Waals surface area contributed by atoms with Crippen molar-refractivity contribution < 1.29 is 4.79 Å². The molecule has 0 fully saturated rings. The molecule has 2 heterocycles. The van der Waals surface area contributed by atoms with E-state index >= 15 is 0 Å². The van der Waals surface area contributed by atoms with Crippen molar-refractivity contribution in [3.05, 3.63) is 51.4 Å². The van der Waals surface area contributed by atoms with Crippen LogP contribution in [-0.4, -0.2) is 15.3 Å². The molecule has 0 saturated carbocycles. The molecular formula is C17H14IN3O. The van der Waals surface area contributed by atoms with Gasteiger partial charge >= 0.3 is 0 Å². The zero-order chi connectivity index (χ0) is 15.3. The van der Waals surface area contributed by atoms with Crippen molar-refractivity contribution in [2.75, 3.05) is 5.32 Å². The molecule has 22 heavy (non-hydrogen) atoms. The van der Waals surface area contributed by atoms with E-state index < -0.39 is 0 Å².